The van der Waals surface area contributed by atoms with Crippen molar-refractivity contribution in [3.05, 3.63) is 5.82 Å². The second kappa shape index (κ2) is 7.25. The van der Waals surface area contributed by atoms with Gasteiger partial charge in [0.25, 0.3) is 0 Å². The normalized spacial score (nSPS) is 13.4. The molecule has 0 fully saturated rings. The fraction of sp³-hybridized carbons (Fsp3) is 0.778. The zero-order valence-corrected chi connectivity index (χ0v) is 11.3. The Morgan fingerprint density at radius 2 is 2.39 bits per heavy atom. The number of aliphatic carboxylic acids is 1. The molecule has 9 heteroatoms. The van der Waals surface area contributed by atoms with E-state index in [1.165, 1.54) is 7.11 Å². The second-order valence-electron chi connectivity index (χ2n) is 3.75. The van der Waals surface area contributed by atoms with Crippen LogP contribution in [0.15, 0.2) is 8.61 Å². The van der Waals surface area contributed by atoms with Crippen LogP contribution in [0.2, 0.25) is 0 Å². The molecule has 0 amide bonds. The Labute approximate surface area is 105 Å². The van der Waals surface area contributed by atoms with Gasteiger partial charge in [0.05, 0.1) is 13.7 Å². The van der Waals surface area contributed by atoms with Crippen molar-refractivity contribution in [2.45, 2.75) is 38.8 Å². The highest BCUT2D eigenvalue weighted by Gasteiger charge is 2.10. The first kappa shape index (κ1) is 14.8. The minimum absolute atomic E-state index is 0.439. The van der Waals surface area contributed by atoms with Crippen LogP contribution in [0.25, 0.3) is 0 Å². The van der Waals surface area contributed by atoms with Gasteiger partial charge in [-0.25, -0.2) is 0 Å². The van der Waals surface area contributed by atoms with Gasteiger partial charge in [-0.3, -0.25) is 13.6 Å². The van der Waals surface area contributed by atoms with Crippen LogP contribution in [0.5, 0.6) is 0 Å². The van der Waals surface area contributed by atoms with Crippen LogP contribution in [0.4, 0.5) is 0 Å². The summed E-state index contributed by atoms with van der Waals surface area (Å²) in [5, 5.41) is 12.4. The minimum Gasteiger partial charge on any atom is -0.480 e. The maximum Gasteiger partial charge on any atom is 0.429 e. The fourth-order valence-corrected chi connectivity index (χ4v) is 2.01. The van der Waals surface area contributed by atoms with Crippen LogP contribution >= 0.6 is 8.24 Å². The molecule has 1 heterocycles. The van der Waals surface area contributed by atoms with Crippen molar-refractivity contribution in [3.8, 4) is 0 Å². The summed E-state index contributed by atoms with van der Waals surface area (Å²) < 4.78 is 16.8. The number of nitrogens with zero attached hydrogens (tertiary/aromatic N) is 2. The average Bonchev–Trinajstić information content (AvgIpc) is 2.36. The van der Waals surface area contributed by atoms with E-state index in [9.17, 15) is 4.79 Å². The Kier molecular flexibility index (Phi) is 5.97. The number of aryl methyl sites for hydroxylation is 2. The van der Waals surface area contributed by atoms with Crippen molar-refractivity contribution in [3.63, 3.8) is 0 Å². The van der Waals surface area contributed by atoms with E-state index in [0.29, 0.717) is 25.2 Å². The first-order valence-electron chi connectivity index (χ1n) is 5.54. The van der Waals surface area contributed by atoms with Crippen LogP contribution in [-0.4, -0.2) is 34.1 Å². The standard InChI is InChI=1S/C9H18N3O5P/c1-7-11-16-18(15-2)17-12(7)6-4-3-5-8(10)9(13)14/h8H,3-6,10H2,1-2H3,(H,13,14)/t8-,18?/m0/s1. The van der Waals surface area contributed by atoms with Gasteiger partial charge in [-0.15, -0.1) is 0 Å². The topological polar surface area (TPSA) is 117 Å². The number of unbranched alkanes of at least 4 members (excludes halogenated alkanes) is 1. The number of carboxylic acids is 1. The Morgan fingerprint density at radius 3 is 3.00 bits per heavy atom. The summed E-state index contributed by atoms with van der Waals surface area (Å²) in [5.41, 5.74) is 5.40. The predicted molar refractivity (Wildman–Crippen MR) is 63.8 cm³/mol. The SMILES string of the molecule is COp1onc(C)n(CCCC[C@H](N)C(=O)O)o1. The molecule has 1 aromatic heterocycles. The zero-order valence-electron chi connectivity index (χ0n) is 10.4. The van der Waals surface area contributed by atoms with Crippen LogP contribution in [0, 0.1) is 6.92 Å². The van der Waals surface area contributed by atoms with E-state index in [-0.39, 0.29) is 0 Å². The number of hydrogen-bond acceptors (Lipinski definition) is 6. The van der Waals surface area contributed by atoms with Crippen molar-refractivity contribution < 1.29 is 23.0 Å². The third-order valence-corrected chi connectivity index (χ3v) is 3.20. The molecule has 0 spiro atoms. The third kappa shape index (κ3) is 4.56. The quantitative estimate of drug-likeness (QED) is 0.718. The smallest absolute Gasteiger partial charge is 0.429 e. The molecule has 0 saturated heterocycles. The predicted octanol–water partition coefficient (Wildman–Crippen LogP) is 1.13. The summed E-state index contributed by atoms with van der Waals surface area (Å²) in [6.45, 7) is 2.35. The molecule has 0 aliphatic carbocycles. The molecule has 0 saturated carbocycles. The molecule has 0 aliphatic rings. The minimum atomic E-state index is -1.46. The number of carboxylic acid groups (broad SMARTS) is 1. The summed E-state index contributed by atoms with van der Waals surface area (Å²) in [7, 11) is 0.0187. The molecule has 3 N–H and O–H groups in total. The van der Waals surface area contributed by atoms with Crippen molar-refractivity contribution >= 4 is 14.2 Å². The van der Waals surface area contributed by atoms with Crippen LogP contribution in [0.1, 0.15) is 25.1 Å². The van der Waals surface area contributed by atoms with Gasteiger partial charge in [0, 0.05) is 6.92 Å². The van der Waals surface area contributed by atoms with E-state index < -0.39 is 20.3 Å². The molecular formula is C9H18N3O5P. The third-order valence-electron chi connectivity index (χ3n) is 2.36. The van der Waals surface area contributed by atoms with E-state index in [0.717, 1.165) is 6.42 Å². The molecule has 0 radical (unpaired) electrons. The van der Waals surface area contributed by atoms with E-state index in [1.54, 1.807) is 11.7 Å². The summed E-state index contributed by atoms with van der Waals surface area (Å²) in [4.78, 5) is 10.5. The number of nitrogens with two attached hydrogens (primary N) is 1. The average molecular weight is 279 g/mol. The van der Waals surface area contributed by atoms with Crippen molar-refractivity contribution in [1.29, 1.82) is 0 Å². The molecule has 18 heavy (non-hydrogen) atoms. The van der Waals surface area contributed by atoms with Gasteiger partial charge in [-0.1, -0.05) is 5.16 Å². The summed E-state index contributed by atoms with van der Waals surface area (Å²) >= 11 is 0. The van der Waals surface area contributed by atoms with Crippen LogP contribution in [-0.2, 0) is 11.3 Å². The molecule has 104 valence electrons. The summed E-state index contributed by atoms with van der Waals surface area (Å²) in [5.74, 6) is -0.369. The number of rotatable bonds is 7. The maximum absolute atomic E-state index is 10.5. The molecule has 8 nitrogen and oxygen atoms in total. The van der Waals surface area contributed by atoms with Crippen molar-refractivity contribution in [2.24, 2.45) is 5.73 Å². The molecular weight excluding hydrogens is 261 g/mol. The van der Waals surface area contributed by atoms with Gasteiger partial charge in [0.2, 0.25) is 0 Å². The molecule has 1 rings (SSSR count). The molecule has 0 aliphatic heterocycles. The van der Waals surface area contributed by atoms with E-state index in [2.05, 4.69) is 5.16 Å². The molecule has 1 aromatic rings. The molecule has 1 unspecified atom stereocenters. The number of carbonyl (C=O) groups is 1. The molecule has 2 atom stereocenters. The summed E-state index contributed by atoms with van der Waals surface area (Å²) in [6, 6.07) is -0.804. The van der Waals surface area contributed by atoms with E-state index >= 15 is 0 Å². The highest BCUT2D eigenvalue weighted by atomic mass is 31.1. The Bertz CT molecular complexity index is 417. The van der Waals surface area contributed by atoms with E-state index in [1.807, 2.05) is 0 Å². The number of hydrogen-bond donors (Lipinski definition) is 2. The fourth-order valence-electron chi connectivity index (χ4n) is 1.30. The molecule has 0 bridgehead atoms. The second-order valence-corrected chi connectivity index (χ2v) is 4.89. The highest BCUT2D eigenvalue weighted by Crippen LogP contribution is 2.20. The Morgan fingerprint density at radius 1 is 1.67 bits per heavy atom. The first-order chi connectivity index (χ1) is 8.54. The summed E-state index contributed by atoms with van der Waals surface area (Å²) in [6.07, 6.45) is 1.89. The Balaban J connectivity index is 2.41. The van der Waals surface area contributed by atoms with Gasteiger partial charge in [0.15, 0.2) is 5.82 Å². The van der Waals surface area contributed by atoms with Gasteiger partial charge in [-0.05, 0) is 19.3 Å². The molecule has 0 aromatic carbocycles. The Hall–Kier alpha value is -1.24. The van der Waals surface area contributed by atoms with Gasteiger partial charge < -0.3 is 15.1 Å². The lowest BCUT2D eigenvalue weighted by atomic mass is 10.1. The van der Waals surface area contributed by atoms with Crippen LogP contribution < -0.4 is 10.3 Å². The lowest BCUT2D eigenvalue weighted by Crippen LogP contribution is -2.29. The maximum atomic E-state index is 10.5. The zero-order chi connectivity index (χ0) is 13.5. The van der Waals surface area contributed by atoms with Gasteiger partial charge in [-0.2, -0.15) is 4.74 Å². The number of aromatic nitrogens is 2. The van der Waals surface area contributed by atoms with E-state index in [4.69, 9.17) is 24.0 Å². The lowest BCUT2D eigenvalue weighted by Gasteiger charge is -2.09. The lowest BCUT2D eigenvalue weighted by molar-refractivity contribution is -0.138. The largest absolute Gasteiger partial charge is 0.480 e. The van der Waals surface area contributed by atoms with Crippen molar-refractivity contribution in [1.82, 2.24) is 9.90 Å². The first-order valence-corrected chi connectivity index (χ1v) is 6.64. The van der Waals surface area contributed by atoms with Gasteiger partial charge >= 0.3 is 14.2 Å². The monoisotopic (exact) mass is 279 g/mol. The van der Waals surface area contributed by atoms with Crippen molar-refractivity contribution in [2.75, 3.05) is 7.11 Å². The van der Waals surface area contributed by atoms with Crippen LogP contribution in [0.3, 0.4) is 0 Å². The highest BCUT2D eigenvalue weighted by molar-refractivity contribution is 7.31. The van der Waals surface area contributed by atoms with Gasteiger partial charge in [0.1, 0.15) is 6.04 Å².